The lowest BCUT2D eigenvalue weighted by Gasteiger charge is -2.32. The van der Waals surface area contributed by atoms with Crippen LogP contribution in [0.3, 0.4) is 0 Å². The maximum atomic E-state index is 14.0. The molecule has 2 aromatic carbocycles. The van der Waals surface area contributed by atoms with E-state index >= 15 is 0 Å². The van der Waals surface area contributed by atoms with Crippen LogP contribution in [-0.2, 0) is 25.4 Å². The number of hydrogen-bond donors (Lipinski definition) is 2. The van der Waals surface area contributed by atoms with Gasteiger partial charge in [-0.1, -0.05) is 32.0 Å². The number of thioether (sulfide) groups is 2. The van der Waals surface area contributed by atoms with Crippen LogP contribution in [0.25, 0.3) is 0 Å². The van der Waals surface area contributed by atoms with Crippen LogP contribution in [0, 0.1) is 11.7 Å². The van der Waals surface area contributed by atoms with E-state index in [2.05, 4.69) is 36.0 Å². The third-order valence-corrected chi connectivity index (χ3v) is 9.57. The van der Waals surface area contributed by atoms with Gasteiger partial charge in [0, 0.05) is 18.1 Å². The first kappa shape index (κ1) is 24.7. The Hall–Kier alpha value is -1.91. The normalized spacial score (nSPS) is 15.5. The molecule has 0 spiro atoms. The average Bonchev–Trinajstić information content (AvgIpc) is 3.23. The summed E-state index contributed by atoms with van der Waals surface area (Å²) in [6, 6.07) is 11.9. The van der Waals surface area contributed by atoms with E-state index in [9.17, 15) is 17.6 Å². The monoisotopic (exact) mass is 498 g/mol. The van der Waals surface area contributed by atoms with Gasteiger partial charge in [0.25, 0.3) is 5.91 Å². The molecule has 0 radical (unpaired) electrons. The van der Waals surface area contributed by atoms with E-state index in [1.165, 1.54) is 17.7 Å². The molecule has 1 fully saturated rings. The maximum Gasteiger partial charge on any atom is 0.258 e. The van der Waals surface area contributed by atoms with E-state index in [-0.39, 0.29) is 28.8 Å². The van der Waals surface area contributed by atoms with Crippen LogP contribution >= 0.6 is 23.5 Å². The lowest BCUT2D eigenvalue weighted by atomic mass is 10.0. The van der Waals surface area contributed by atoms with Crippen molar-refractivity contribution in [2.24, 2.45) is 5.92 Å². The number of carbonyl (C=O) groups is 1. The summed E-state index contributed by atoms with van der Waals surface area (Å²) in [6.45, 7) is 4.42. The molecule has 10 heteroatoms. The highest BCUT2D eigenvalue weighted by atomic mass is 32.2. The third-order valence-electron chi connectivity index (χ3n) is 4.92. The van der Waals surface area contributed by atoms with E-state index in [0.29, 0.717) is 17.2 Å². The predicted molar refractivity (Wildman–Crippen MR) is 130 cm³/mol. The van der Waals surface area contributed by atoms with Crippen LogP contribution in [0.4, 0.5) is 10.1 Å². The van der Waals surface area contributed by atoms with Crippen LogP contribution in [0.1, 0.15) is 25.0 Å². The summed E-state index contributed by atoms with van der Waals surface area (Å²) in [7, 11) is -3.57. The zero-order chi connectivity index (χ0) is 23.4. The molecule has 2 N–H and O–H groups in total. The molecule has 6 nitrogen and oxygen atoms in total. The van der Waals surface area contributed by atoms with Crippen molar-refractivity contribution in [2.75, 3.05) is 29.1 Å². The molecule has 1 aliphatic heterocycles. The first-order chi connectivity index (χ1) is 15.1. The second-order valence-electron chi connectivity index (χ2n) is 7.80. The summed E-state index contributed by atoms with van der Waals surface area (Å²) >= 11 is 3.96. The fourth-order valence-corrected chi connectivity index (χ4v) is 7.34. The van der Waals surface area contributed by atoms with Crippen LogP contribution in [-0.4, -0.2) is 38.7 Å². The van der Waals surface area contributed by atoms with E-state index in [0.717, 1.165) is 17.8 Å². The highest BCUT2D eigenvalue weighted by Crippen LogP contribution is 2.56. The molecule has 32 heavy (non-hydrogen) atoms. The summed E-state index contributed by atoms with van der Waals surface area (Å²) in [4.78, 5) is 12.1. The lowest BCUT2D eigenvalue weighted by molar-refractivity contribution is -0.123. The van der Waals surface area contributed by atoms with Crippen LogP contribution in [0.2, 0.25) is 0 Å². The lowest BCUT2D eigenvalue weighted by Crippen LogP contribution is -2.28. The van der Waals surface area contributed by atoms with Crippen molar-refractivity contribution in [3.63, 3.8) is 0 Å². The molecule has 3 rings (SSSR count). The standard InChI is InChI=1S/C22H27FN2O4S3/c1-15(2)22(30-10-11-31-22)17-5-7-18(8-6-17)29-14-21(26)24-13-16-4-9-20(19(23)12-16)25-32(3,27)28/h4-9,12,15,25H,10-11,13-14H2,1-3H3,(H,24,26). The molecule has 0 bridgehead atoms. The number of benzene rings is 2. The van der Waals surface area contributed by atoms with Gasteiger partial charge in [-0.25, -0.2) is 12.8 Å². The molecule has 1 heterocycles. The first-order valence-corrected chi connectivity index (χ1v) is 14.0. The van der Waals surface area contributed by atoms with Crippen LogP contribution in [0.15, 0.2) is 42.5 Å². The van der Waals surface area contributed by atoms with Crippen molar-refractivity contribution in [2.45, 2.75) is 24.5 Å². The van der Waals surface area contributed by atoms with Gasteiger partial charge in [0.15, 0.2) is 6.61 Å². The van der Waals surface area contributed by atoms with Gasteiger partial charge in [-0.15, -0.1) is 23.5 Å². The van der Waals surface area contributed by atoms with Gasteiger partial charge in [-0.2, -0.15) is 0 Å². The van der Waals surface area contributed by atoms with Crippen molar-refractivity contribution in [1.29, 1.82) is 0 Å². The van der Waals surface area contributed by atoms with Crippen molar-refractivity contribution >= 4 is 45.1 Å². The molecular formula is C22H27FN2O4S3. The number of halogens is 1. The van der Waals surface area contributed by atoms with Gasteiger partial charge in [0.05, 0.1) is 16.0 Å². The smallest absolute Gasteiger partial charge is 0.258 e. The Kier molecular flexibility index (Phi) is 8.00. The molecule has 174 valence electrons. The van der Waals surface area contributed by atoms with Gasteiger partial charge >= 0.3 is 0 Å². The van der Waals surface area contributed by atoms with Gasteiger partial charge in [0.1, 0.15) is 11.6 Å². The van der Waals surface area contributed by atoms with E-state index in [4.69, 9.17) is 4.74 Å². The Morgan fingerprint density at radius 1 is 1.16 bits per heavy atom. The summed E-state index contributed by atoms with van der Waals surface area (Å²) in [5, 5.41) is 2.67. The minimum Gasteiger partial charge on any atom is -0.484 e. The molecule has 1 saturated heterocycles. The second kappa shape index (κ2) is 10.4. The number of sulfonamides is 1. The first-order valence-electron chi connectivity index (χ1n) is 10.1. The highest BCUT2D eigenvalue weighted by molar-refractivity contribution is 8.20. The molecule has 0 unspecified atom stereocenters. The number of anilines is 1. The van der Waals surface area contributed by atoms with E-state index in [1.807, 2.05) is 35.7 Å². The zero-order valence-electron chi connectivity index (χ0n) is 18.2. The summed E-state index contributed by atoms with van der Waals surface area (Å²) < 4.78 is 44.2. The fraction of sp³-hybridized carbons (Fsp3) is 0.409. The third kappa shape index (κ3) is 6.32. The molecule has 0 atom stereocenters. The molecular weight excluding hydrogens is 471 g/mol. The molecule has 0 aliphatic carbocycles. The van der Waals surface area contributed by atoms with Gasteiger partial charge in [0.2, 0.25) is 10.0 Å². The molecule has 0 saturated carbocycles. The minimum atomic E-state index is -3.57. The van der Waals surface area contributed by atoms with E-state index < -0.39 is 15.8 Å². The molecule has 1 aliphatic rings. The van der Waals surface area contributed by atoms with Crippen molar-refractivity contribution in [3.8, 4) is 5.75 Å². The van der Waals surface area contributed by atoms with Crippen molar-refractivity contribution in [3.05, 3.63) is 59.4 Å². The zero-order valence-corrected chi connectivity index (χ0v) is 20.6. The SMILES string of the molecule is CC(C)C1(c2ccc(OCC(=O)NCc3ccc(NS(C)(=O)=O)c(F)c3)cc2)SCCS1. The Balaban J connectivity index is 1.50. The Morgan fingerprint density at radius 2 is 1.81 bits per heavy atom. The number of rotatable bonds is 9. The van der Waals surface area contributed by atoms with Gasteiger partial charge < -0.3 is 10.1 Å². The molecule has 1 amide bonds. The molecule has 2 aromatic rings. The van der Waals surface area contributed by atoms with Gasteiger partial charge in [-0.3, -0.25) is 9.52 Å². The topological polar surface area (TPSA) is 84.5 Å². The minimum absolute atomic E-state index is 0.0670. The number of carbonyl (C=O) groups excluding carboxylic acids is 1. The average molecular weight is 499 g/mol. The second-order valence-corrected chi connectivity index (χ2v) is 12.5. The summed E-state index contributed by atoms with van der Waals surface area (Å²) in [5.74, 6) is 2.34. The Morgan fingerprint density at radius 3 is 2.38 bits per heavy atom. The number of amides is 1. The molecule has 0 aromatic heterocycles. The van der Waals surface area contributed by atoms with Crippen LogP contribution < -0.4 is 14.8 Å². The van der Waals surface area contributed by atoms with Crippen molar-refractivity contribution < 1.29 is 22.3 Å². The van der Waals surface area contributed by atoms with E-state index in [1.54, 1.807) is 6.07 Å². The Labute approximate surface area is 197 Å². The highest BCUT2D eigenvalue weighted by Gasteiger charge is 2.40. The Bertz CT molecular complexity index is 1050. The fourth-order valence-electron chi connectivity index (χ4n) is 3.40. The summed E-state index contributed by atoms with van der Waals surface area (Å²) in [5.41, 5.74) is 1.63. The predicted octanol–water partition coefficient (Wildman–Crippen LogP) is 4.18. The maximum absolute atomic E-state index is 14.0. The number of hydrogen-bond acceptors (Lipinski definition) is 6. The summed E-state index contributed by atoms with van der Waals surface area (Å²) in [6.07, 6.45) is 0.948. The number of ether oxygens (including phenoxy) is 1. The quantitative estimate of drug-likeness (QED) is 0.540. The van der Waals surface area contributed by atoms with Crippen molar-refractivity contribution in [1.82, 2.24) is 5.32 Å². The van der Waals surface area contributed by atoms with Crippen LogP contribution in [0.5, 0.6) is 5.75 Å². The van der Waals surface area contributed by atoms with Gasteiger partial charge in [-0.05, 0) is 41.3 Å². The largest absolute Gasteiger partial charge is 0.484 e. The number of nitrogens with one attached hydrogen (secondary N) is 2.